The number of benzene rings is 1. The summed E-state index contributed by atoms with van der Waals surface area (Å²) in [7, 11) is 1.57. The van der Waals surface area contributed by atoms with Crippen LogP contribution in [0.25, 0.3) is 0 Å². The Morgan fingerprint density at radius 1 is 0.912 bits per heavy atom. The molecule has 3 aliphatic rings. The Kier molecular flexibility index (Phi) is 20.5. The molecule has 1 heterocycles. The van der Waals surface area contributed by atoms with Crippen LogP contribution in [0.5, 0.6) is 11.5 Å². The zero-order valence-corrected chi connectivity index (χ0v) is 35.5. The first-order chi connectivity index (χ1) is 27.9. The minimum Gasteiger partial charge on any atom is -0.490 e. The maximum Gasteiger partial charge on any atom is 0.410 e. The molecule has 320 valence electrons. The second kappa shape index (κ2) is 25.2. The molecule has 0 spiro atoms. The van der Waals surface area contributed by atoms with Crippen LogP contribution in [0.2, 0.25) is 0 Å². The van der Waals surface area contributed by atoms with E-state index in [1.54, 1.807) is 19.3 Å². The third-order valence-corrected chi connectivity index (χ3v) is 12.0. The molecule has 10 nitrogen and oxygen atoms in total. The molecule has 1 saturated carbocycles. The number of hydrogen-bond donors (Lipinski definition) is 2. The van der Waals surface area contributed by atoms with Gasteiger partial charge < -0.3 is 34.0 Å². The molecule has 6 unspecified atom stereocenters. The van der Waals surface area contributed by atoms with Crippen molar-refractivity contribution >= 4 is 11.8 Å². The van der Waals surface area contributed by atoms with E-state index in [0.29, 0.717) is 44.8 Å². The highest BCUT2D eigenvalue weighted by Crippen LogP contribution is 2.62. The maximum absolute atomic E-state index is 14.3. The molecular formula is C47H74N2O8. The zero-order valence-electron chi connectivity index (χ0n) is 35.5. The molecule has 1 fully saturated rings. The second-order valence-corrected chi connectivity index (χ2v) is 16.0. The smallest absolute Gasteiger partial charge is 0.410 e. The fourth-order valence-corrected chi connectivity index (χ4v) is 9.45. The van der Waals surface area contributed by atoms with Gasteiger partial charge in [-0.25, -0.2) is 4.79 Å². The monoisotopic (exact) mass is 795 g/mol. The minimum atomic E-state index is -1.30. The number of carbonyl (C=O) groups excluding carboxylic acids is 1. The first-order valence-electron chi connectivity index (χ1n) is 22.2. The van der Waals surface area contributed by atoms with Crippen LogP contribution in [0.4, 0.5) is 4.79 Å². The number of unbranched alkanes of at least 4 members (excludes halogenated alkanes) is 11. The number of allylic oxidation sites excluding steroid dienone is 1. The molecule has 57 heavy (non-hydrogen) atoms. The van der Waals surface area contributed by atoms with E-state index in [1.165, 1.54) is 44.9 Å². The van der Waals surface area contributed by atoms with E-state index in [4.69, 9.17) is 23.8 Å². The van der Waals surface area contributed by atoms with Crippen LogP contribution >= 0.6 is 0 Å². The molecule has 4 rings (SSSR count). The summed E-state index contributed by atoms with van der Waals surface area (Å²) in [6, 6.07) is 5.39. The maximum atomic E-state index is 14.3. The van der Waals surface area contributed by atoms with Crippen LogP contribution in [0.15, 0.2) is 60.3 Å². The average molecular weight is 795 g/mol. The van der Waals surface area contributed by atoms with Crippen LogP contribution < -0.4 is 9.47 Å². The van der Waals surface area contributed by atoms with E-state index in [2.05, 4.69) is 44.3 Å². The number of amides is 1. The molecule has 2 aliphatic carbocycles. The van der Waals surface area contributed by atoms with Crippen LogP contribution in [0.3, 0.4) is 0 Å². The summed E-state index contributed by atoms with van der Waals surface area (Å²) in [6.07, 6.45) is 23.4. The summed E-state index contributed by atoms with van der Waals surface area (Å²) in [6.45, 7) is 13.8. The Balaban J connectivity index is 1.75. The van der Waals surface area contributed by atoms with Crippen LogP contribution in [-0.4, -0.2) is 85.4 Å². The fraction of sp³-hybridized carbons (Fsp3) is 0.702. The molecule has 0 bridgehead atoms. The van der Waals surface area contributed by atoms with Crippen molar-refractivity contribution in [3.05, 3.63) is 60.7 Å². The average Bonchev–Trinajstić information content (AvgIpc) is 3.22. The fourth-order valence-electron chi connectivity index (χ4n) is 9.45. The van der Waals surface area contributed by atoms with Crippen molar-refractivity contribution in [1.29, 1.82) is 0 Å². The highest BCUT2D eigenvalue weighted by molar-refractivity contribution is 6.02. The molecule has 6 atom stereocenters. The van der Waals surface area contributed by atoms with Gasteiger partial charge in [-0.1, -0.05) is 114 Å². The van der Waals surface area contributed by atoms with Gasteiger partial charge in [0.1, 0.15) is 31.3 Å². The number of hydrogen-bond acceptors (Lipinski definition) is 9. The molecule has 0 saturated heterocycles. The van der Waals surface area contributed by atoms with Gasteiger partial charge in [-0.15, -0.1) is 6.58 Å². The van der Waals surface area contributed by atoms with Crippen molar-refractivity contribution < 1.29 is 38.8 Å². The predicted octanol–water partition coefficient (Wildman–Crippen LogP) is 10.3. The van der Waals surface area contributed by atoms with E-state index in [1.807, 2.05) is 17.0 Å². The lowest BCUT2D eigenvalue weighted by Crippen LogP contribution is -2.70. The van der Waals surface area contributed by atoms with Gasteiger partial charge in [0, 0.05) is 37.7 Å². The van der Waals surface area contributed by atoms with Crippen molar-refractivity contribution in [2.24, 2.45) is 22.9 Å². The van der Waals surface area contributed by atoms with Crippen molar-refractivity contribution in [3.8, 4) is 11.5 Å². The molecule has 1 aliphatic heterocycles. The van der Waals surface area contributed by atoms with Crippen LogP contribution in [0.1, 0.15) is 141 Å². The largest absolute Gasteiger partial charge is 0.490 e. The van der Waals surface area contributed by atoms with E-state index < -0.39 is 11.8 Å². The number of fused-ring (bicyclic) bond motifs is 2. The van der Waals surface area contributed by atoms with Crippen molar-refractivity contribution in [3.63, 3.8) is 0 Å². The van der Waals surface area contributed by atoms with Gasteiger partial charge in [0.05, 0.1) is 24.8 Å². The summed E-state index contributed by atoms with van der Waals surface area (Å²) in [5, 5.41) is 24.3. The molecular weight excluding hydrogens is 721 g/mol. The van der Waals surface area contributed by atoms with E-state index in [9.17, 15) is 15.0 Å². The van der Waals surface area contributed by atoms with Gasteiger partial charge in [-0.3, -0.25) is 4.90 Å². The normalized spacial score (nSPS) is 24.1. The van der Waals surface area contributed by atoms with Crippen molar-refractivity contribution in [2.45, 2.75) is 147 Å². The minimum absolute atomic E-state index is 0.111. The zero-order chi connectivity index (χ0) is 40.9. The van der Waals surface area contributed by atoms with Gasteiger partial charge in [-0.2, -0.15) is 0 Å². The molecule has 2 N–H and O–H groups in total. The predicted molar refractivity (Wildman–Crippen MR) is 228 cm³/mol. The van der Waals surface area contributed by atoms with Crippen LogP contribution in [-0.2, 0) is 14.3 Å². The number of rotatable bonds is 29. The van der Waals surface area contributed by atoms with Gasteiger partial charge in [0.15, 0.2) is 0 Å². The van der Waals surface area contributed by atoms with E-state index in [-0.39, 0.29) is 49.6 Å². The first kappa shape index (κ1) is 46.4. The molecule has 0 aromatic heterocycles. The highest BCUT2D eigenvalue weighted by Gasteiger charge is 2.65. The van der Waals surface area contributed by atoms with Gasteiger partial charge >= 0.3 is 6.09 Å². The summed E-state index contributed by atoms with van der Waals surface area (Å²) in [5.41, 5.74) is 2.80. The Bertz CT molecular complexity index is 1430. The lowest BCUT2D eigenvalue weighted by atomic mass is 9.55. The summed E-state index contributed by atoms with van der Waals surface area (Å²) in [5.74, 6) is -0.0671. The second-order valence-electron chi connectivity index (χ2n) is 16.0. The molecule has 1 amide bonds. The topological polar surface area (TPSA) is 119 Å². The van der Waals surface area contributed by atoms with Crippen LogP contribution in [0, 0.1) is 17.8 Å². The van der Waals surface area contributed by atoms with Gasteiger partial charge in [-0.05, 0) is 74.1 Å². The van der Waals surface area contributed by atoms with Crippen molar-refractivity contribution in [2.75, 3.05) is 46.7 Å². The third-order valence-electron chi connectivity index (χ3n) is 12.0. The summed E-state index contributed by atoms with van der Waals surface area (Å²) >= 11 is 0. The summed E-state index contributed by atoms with van der Waals surface area (Å²) < 4.78 is 26.4. The first-order valence-corrected chi connectivity index (χ1v) is 22.2. The number of nitrogens with zero attached hydrogens (tertiary/aromatic N) is 2. The Morgan fingerprint density at radius 3 is 2.25 bits per heavy atom. The highest BCUT2D eigenvalue weighted by atomic mass is 16.7. The SMILES string of the molecule is C=CCOc1ccc2c(c1)C1C(CCCCO)C(CCCCO)C=C3C(=NOC)CC(N(CCC)C(=O)OCCCCCCCCCCCC)C(OCC=C)(O2)C31. The van der Waals surface area contributed by atoms with Gasteiger partial charge in [0.25, 0.3) is 0 Å². The lowest BCUT2D eigenvalue weighted by molar-refractivity contribution is -0.255. The number of aliphatic hydroxyl groups excluding tert-OH is 2. The third kappa shape index (κ3) is 12.3. The number of aliphatic hydroxyl groups is 2. The molecule has 0 radical (unpaired) electrons. The number of carbonyl (C=O) groups is 1. The number of ether oxygens (including phenoxy) is 4. The number of oxime groups is 1. The van der Waals surface area contributed by atoms with E-state index in [0.717, 1.165) is 74.0 Å². The Morgan fingerprint density at radius 2 is 1.60 bits per heavy atom. The molecule has 10 heteroatoms. The van der Waals surface area contributed by atoms with E-state index >= 15 is 0 Å². The molecule has 1 aromatic carbocycles. The summed E-state index contributed by atoms with van der Waals surface area (Å²) in [4.78, 5) is 21.7. The standard InChI is InChI=1S/C47H74N2O8/c1-6-10-11-12-13-14-15-16-17-22-32-55-46(52)49(27-7-2)43-35-41(48-53-5)39-33-36(23-18-20-28-50)38(24-19-21-29-51)44-40-34-37(54-30-8-3)25-26-42(40)57-47(43,45(39)44)56-31-9-4/h8-9,25-26,33-34,36,38,43-45,50-51H,3-4,6-7,10-24,27-32,35H2,1-2,5H3. The van der Waals surface area contributed by atoms with Crippen molar-refractivity contribution in [1.82, 2.24) is 4.90 Å². The lowest BCUT2D eigenvalue weighted by Gasteiger charge is -2.59. The van der Waals surface area contributed by atoms with Gasteiger partial charge in [0.2, 0.25) is 5.79 Å². The Labute approximate surface area is 343 Å². The molecule has 1 aromatic rings. The quantitative estimate of drug-likeness (QED) is 0.0467. The Hall–Kier alpha value is -3.34.